The second kappa shape index (κ2) is 16.7. The number of ether oxygens (including phenoxy) is 1. The number of likely N-dealkylation sites (tertiary alicyclic amines) is 1. The Bertz CT molecular complexity index is 3160. The molecule has 6 nitrogen and oxygen atoms in total. The molecular weight excluding hydrogens is 710 g/mol. The molecule has 0 N–H and O–H groups in total. The van der Waals surface area contributed by atoms with Gasteiger partial charge in [-0.2, -0.15) is 13.2 Å². The molecule has 1 saturated heterocycles. The van der Waals surface area contributed by atoms with Crippen LogP contribution in [0.2, 0.25) is 0 Å². The third kappa shape index (κ3) is 9.00. The number of nitrogens with zero attached hydrogens (tertiary/aromatic N) is 3. The first kappa shape index (κ1) is 19.7. The van der Waals surface area contributed by atoms with Crippen LogP contribution in [-0.4, -0.2) is 59.6 Å². The minimum atomic E-state index is -5.23. The largest absolute Gasteiger partial charge is 0.416 e. The molecule has 0 atom stereocenters. The molecule has 6 rings (SSSR count). The summed E-state index contributed by atoms with van der Waals surface area (Å²) in [6.45, 7) is -7.03. The van der Waals surface area contributed by atoms with Crippen molar-refractivity contribution < 1.29 is 60.3 Å². The molecule has 278 valence electrons. The van der Waals surface area contributed by atoms with Crippen molar-refractivity contribution in [2.45, 2.75) is 55.8 Å². The SMILES string of the molecule is [2H]c1c([2H])c(F)c(F)c(C([2H])([2H])Sc2c([2H])c(=O)c3c([2H])c([2H])c([2H])c([2H])c3n2C([2H])([2H])C(=O)N(Cc2c([2H])c([2H])c(-c3c([2H])c([2H])c(C(F)(F)F)c(C)c3[2H])c([2H])c2[2H])C2CCN(CC([2H])([2H])OC)CC2)c1[2H]. The van der Waals surface area contributed by atoms with Crippen LogP contribution in [0.3, 0.4) is 0 Å². The van der Waals surface area contributed by atoms with Crippen molar-refractivity contribution in [2.24, 2.45) is 0 Å². The molecule has 5 aromatic rings. The number of fused-ring (bicyclic) bond motifs is 1. The maximum Gasteiger partial charge on any atom is 0.416 e. The molecule has 4 aromatic carbocycles. The van der Waals surface area contributed by atoms with E-state index in [-0.39, 0.29) is 37.0 Å². The van der Waals surface area contributed by atoms with Gasteiger partial charge in [0.1, 0.15) is 6.50 Å². The van der Waals surface area contributed by atoms with Crippen molar-refractivity contribution in [3.63, 3.8) is 0 Å². The van der Waals surface area contributed by atoms with E-state index >= 15 is 9.18 Å². The Hall–Kier alpha value is -4.52. The van der Waals surface area contributed by atoms with E-state index in [1.165, 1.54) is 4.90 Å². The number of rotatable bonds is 12. The Morgan fingerprint density at radius 2 is 1.70 bits per heavy atom. The van der Waals surface area contributed by atoms with Crippen LogP contribution in [-0.2, 0) is 34.5 Å². The number of hydrogen-bond donors (Lipinski definition) is 0. The summed E-state index contributed by atoms with van der Waals surface area (Å²) in [5.74, 6) is -6.12. The minimum Gasteiger partial charge on any atom is -0.383 e. The van der Waals surface area contributed by atoms with Gasteiger partial charge in [0, 0.05) is 64.8 Å². The number of amides is 1. The lowest BCUT2D eigenvalue weighted by atomic mass is 9.98. The summed E-state index contributed by atoms with van der Waals surface area (Å²) in [4.78, 5) is 31.6. The topological polar surface area (TPSA) is 54.8 Å². The van der Waals surface area contributed by atoms with Gasteiger partial charge in [-0.25, -0.2) is 8.78 Å². The Kier molecular flexibility index (Phi) is 6.19. The predicted octanol–water partition coefficient (Wildman–Crippen LogP) is 8.71. The van der Waals surface area contributed by atoms with Gasteiger partial charge in [0.25, 0.3) is 0 Å². The van der Waals surface area contributed by atoms with Gasteiger partial charge in [0.05, 0.1) is 48.7 Å². The highest BCUT2D eigenvalue weighted by molar-refractivity contribution is 7.98. The number of aromatic nitrogens is 1. The summed E-state index contributed by atoms with van der Waals surface area (Å²) in [6.07, 6.45) is -5.64. The van der Waals surface area contributed by atoms with Gasteiger partial charge in [0.2, 0.25) is 5.91 Å². The van der Waals surface area contributed by atoms with Crippen LogP contribution in [0, 0.1) is 18.6 Å². The van der Waals surface area contributed by atoms with Crippen LogP contribution >= 0.6 is 11.8 Å². The summed E-state index contributed by atoms with van der Waals surface area (Å²) in [7, 11) is 1.10. The number of carbonyl (C=O) groups is 1. The zero-order valence-corrected chi connectivity index (χ0v) is 28.5. The van der Waals surface area contributed by atoms with Gasteiger partial charge in [-0.3, -0.25) is 9.59 Å². The molecule has 0 radical (unpaired) electrons. The summed E-state index contributed by atoms with van der Waals surface area (Å²) in [5, 5.41) is -2.48. The average molecular weight is 771 g/mol. The molecule has 0 saturated carbocycles. The molecule has 1 aliphatic rings. The highest BCUT2D eigenvalue weighted by Crippen LogP contribution is 2.34. The van der Waals surface area contributed by atoms with Gasteiger partial charge < -0.3 is 19.1 Å². The molecule has 0 spiro atoms. The second-order valence-electron chi connectivity index (χ2n) is 11.4. The van der Waals surface area contributed by atoms with Crippen molar-refractivity contribution in [1.29, 1.82) is 0 Å². The second-order valence-corrected chi connectivity index (χ2v) is 12.2. The fraction of sp³-hybridized carbons (Fsp3) is 0.317. The number of benzene rings is 4. The van der Waals surface area contributed by atoms with E-state index in [0.717, 1.165) is 14.0 Å². The van der Waals surface area contributed by atoms with Crippen molar-refractivity contribution in [1.82, 2.24) is 14.4 Å². The number of carbonyl (C=O) groups excluding carboxylic acids is 1. The van der Waals surface area contributed by atoms with Crippen LogP contribution < -0.4 is 5.43 Å². The summed E-state index contributed by atoms with van der Waals surface area (Å²) < 4.78 is 258. The number of para-hydroxylation sites is 1. The van der Waals surface area contributed by atoms with Crippen molar-refractivity contribution >= 4 is 28.6 Å². The Balaban J connectivity index is 1.64. The smallest absolute Gasteiger partial charge is 0.383 e. The number of piperidine rings is 1. The molecule has 0 bridgehead atoms. The molecule has 1 amide bonds. The first-order valence-electron chi connectivity index (χ1n) is 26.1. The minimum absolute atomic E-state index is 0.0113. The lowest BCUT2D eigenvalue weighted by Gasteiger charge is -2.39. The Labute approximate surface area is 338 Å². The van der Waals surface area contributed by atoms with E-state index in [9.17, 15) is 25.1 Å². The first-order chi connectivity index (χ1) is 33.9. The number of thioether (sulfide) groups is 1. The quantitative estimate of drug-likeness (QED) is 0.0940. The van der Waals surface area contributed by atoms with Crippen LogP contribution in [0.4, 0.5) is 22.0 Å². The number of hydrogen-bond acceptors (Lipinski definition) is 5. The Morgan fingerprint density at radius 1 is 0.981 bits per heavy atom. The summed E-state index contributed by atoms with van der Waals surface area (Å²) >= 11 is -0.521. The van der Waals surface area contributed by atoms with Crippen molar-refractivity contribution in [3.8, 4) is 11.1 Å². The highest BCUT2D eigenvalue weighted by atomic mass is 32.2. The van der Waals surface area contributed by atoms with E-state index in [1.54, 1.807) is 0 Å². The lowest BCUT2D eigenvalue weighted by Crippen LogP contribution is -2.48. The normalized spacial score (nSPS) is 20.6. The standard InChI is InChI=1S/C41H40F5N3O3S/c1-27-22-30(14-15-34(27)41(44,45)46)29-12-10-28(11-13-29)24-48(32-16-18-47(19-17-32)20-21-52-2)38(51)25-49-36-9-4-3-7-33(36)37(50)23-39(49)53-26-31-6-5-8-35(42)40(31)43/h3-15,22-23,32H,16-21,24-26H2,1-2H3/i3D,4D,5D,6D,7D,8D,9D,10D,11D,12D,13D,14D,15D,21D2,22D,23D,25D2,26D2. The summed E-state index contributed by atoms with van der Waals surface area (Å²) in [6, 6.07) is -19.8. The third-order valence-electron chi connectivity index (χ3n) is 8.00. The molecule has 1 aliphatic heterocycles. The average Bonchev–Trinajstić information content (AvgIpc) is 3.32. The number of pyridine rings is 1. The predicted molar refractivity (Wildman–Crippen MR) is 198 cm³/mol. The van der Waals surface area contributed by atoms with Crippen LogP contribution in [0.15, 0.2) is 100 Å². The van der Waals surface area contributed by atoms with Crippen molar-refractivity contribution in [2.75, 3.05) is 33.3 Å². The fourth-order valence-electron chi connectivity index (χ4n) is 5.36. The van der Waals surface area contributed by atoms with Gasteiger partial charge in [-0.15, -0.1) is 11.8 Å². The van der Waals surface area contributed by atoms with Crippen LogP contribution in [0.25, 0.3) is 22.0 Å². The molecule has 2 heterocycles. The Morgan fingerprint density at radius 3 is 2.42 bits per heavy atom. The van der Waals surface area contributed by atoms with E-state index in [1.807, 2.05) is 0 Å². The molecule has 1 fully saturated rings. The zero-order valence-electron chi connectivity index (χ0n) is 48.7. The van der Waals surface area contributed by atoms with Gasteiger partial charge in [-0.1, -0.05) is 60.4 Å². The van der Waals surface area contributed by atoms with E-state index in [0.29, 0.717) is 4.90 Å². The van der Waals surface area contributed by atoms with E-state index in [2.05, 4.69) is 0 Å². The van der Waals surface area contributed by atoms with Gasteiger partial charge in [-0.05, 0) is 66.2 Å². The highest BCUT2D eigenvalue weighted by Gasteiger charge is 2.32. The number of methoxy groups -OCH3 is 1. The first-order valence-corrected chi connectivity index (χ1v) is 16.4. The summed E-state index contributed by atoms with van der Waals surface area (Å²) in [5.41, 5.74) is -13.1. The van der Waals surface area contributed by atoms with Crippen LogP contribution in [0.1, 0.15) is 63.9 Å². The molecule has 0 unspecified atom stereocenters. The maximum absolute atomic E-state index is 15.6. The number of halogens is 5. The van der Waals surface area contributed by atoms with Crippen LogP contribution in [0.5, 0.6) is 0 Å². The number of alkyl halides is 3. The van der Waals surface area contributed by atoms with E-state index < -0.39 is 212 Å². The molecule has 12 heteroatoms. The molecule has 53 heavy (non-hydrogen) atoms. The van der Waals surface area contributed by atoms with Gasteiger partial charge >= 0.3 is 6.18 Å². The molecule has 0 aliphatic carbocycles. The molecule has 1 aromatic heterocycles. The zero-order chi connectivity index (χ0) is 56.1. The van der Waals surface area contributed by atoms with E-state index in [4.69, 9.17) is 30.8 Å². The van der Waals surface area contributed by atoms with Crippen molar-refractivity contribution in [3.05, 3.63) is 135 Å². The lowest BCUT2D eigenvalue weighted by molar-refractivity contribution is -0.138. The van der Waals surface area contributed by atoms with Gasteiger partial charge in [0.15, 0.2) is 17.1 Å². The monoisotopic (exact) mass is 770 g/mol. The third-order valence-corrected chi connectivity index (χ3v) is 8.79. The fourth-order valence-corrected chi connectivity index (χ4v) is 6.07. The molecular formula is C41H40F5N3O3S. The maximum atomic E-state index is 15.6.